The fourth-order valence-corrected chi connectivity index (χ4v) is 2.35. The van der Waals surface area contributed by atoms with Crippen molar-refractivity contribution in [3.05, 3.63) is 37.8 Å². The number of likely N-dealkylation sites (N-methyl/N-ethyl adjacent to an activating group) is 1. The van der Waals surface area contributed by atoms with Gasteiger partial charge < -0.3 is 12.3 Å². The van der Waals surface area contributed by atoms with E-state index >= 15 is 0 Å². The molecule has 1 N–H and O–H groups in total. The summed E-state index contributed by atoms with van der Waals surface area (Å²) in [6.07, 6.45) is 0. The Morgan fingerprint density at radius 2 is 1.70 bits per heavy atom. The quantitative estimate of drug-likeness (QED) is 0.390. The fraction of sp³-hybridized carbons (Fsp3) is 0.462. The summed E-state index contributed by atoms with van der Waals surface area (Å²) in [4.78, 5) is 2.27. The first-order chi connectivity index (χ1) is 8.63. The summed E-state index contributed by atoms with van der Waals surface area (Å²) in [5, 5.41) is 1.24. The summed E-state index contributed by atoms with van der Waals surface area (Å²) in [5.74, 6) is 0. The molecule has 1 aliphatic heterocycles. The minimum atomic E-state index is -1.76. The van der Waals surface area contributed by atoms with Crippen molar-refractivity contribution in [2.75, 3.05) is 32.7 Å². The molecular formula is C13H24N2O2PSW-. The molecule has 0 radical (unpaired) electrons. The smallest absolute Gasteiger partial charge is 0.234 e. The van der Waals surface area contributed by atoms with Crippen LogP contribution in [0.25, 0.3) is 0 Å². The molecule has 0 bridgehead atoms. The van der Waals surface area contributed by atoms with Crippen molar-refractivity contribution in [3.63, 3.8) is 0 Å². The molecule has 1 heterocycles. The molecule has 0 spiro atoms. The maximum Gasteiger partial charge on any atom is 0.234 e. The summed E-state index contributed by atoms with van der Waals surface area (Å²) in [5.41, 5.74) is 0. The van der Waals surface area contributed by atoms with Crippen LogP contribution in [0.4, 0.5) is 0 Å². The van der Waals surface area contributed by atoms with Gasteiger partial charge in [-0.25, -0.2) is 4.21 Å². The van der Waals surface area contributed by atoms with Gasteiger partial charge in [-0.1, -0.05) is 37.3 Å². The molecule has 1 aliphatic rings. The van der Waals surface area contributed by atoms with Crippen LogP contribution in [0.15, 0.2) is 30.3 Å². The van der Waals surface area contributed by atoms with Gasteiger partial charge in [-0.3, -0.25) is 4.55 Å². The van der Waals surface area contributed by atoms with Gasteiger partial charge in [0, 0.05) is 47.2 Å². The van der Waals surface area contributed by atoms with Crippen molar-refractivity contribution in [1.29, 1.82) is 0 Å². The molecule has 1 saturated heterocycles. The number of rotatable bonds is 2. The second kappa shape index (κ2) is 13.1. The van der Waals surface area contributed by atoms with Gasteiger partial charge in [-0.2, -0.15) is 4.31 Å². The van der Waals surface area contributed by atoms with Gasteiger partial charge in [-0.15, -0.1) is 9.24 Å². The van der Waals surface area contributed by atoms with Crippen LogP contribution in [0.2, 0.25) is 0 Å². The van der Waals surface area contributed by atoms with Crippen molar-refractivity contribution < 1.29 is 29.8 Å². The zero-order valence-corrected chi connectivity index (χ0v) is 17.0. The van der Waals surface area contributed by atoms with Crippen LogP contribution in [-0.2, 0) is 32.3 Å². The van der Waals surface area contributed by atoms with Crippen LogP contribution < -0.4 is 5.30 Å². The predicted octanol–water partition coefficient (Wildman–Crippen LogP) is 1.40. The summed E-state index contributed by atoms with van der Waals surface area (Å²) < 4.78 is 20.9. The molecule has 4 nitrogen and oxygen atoms in total. The first-order valence-corrected chi connectivity index (χ1v) is 7.66. The van der Waals surface area contributed by atoms with E-state index in [4.69, 9.17) is 4.55 Å². The molecule has 1 aromatic rings. The van der Waals surface area contributed by atoms with Gasteiger partial charge in [0.2, 0.25) is 11.3 Å². The third-order valence-electron chi connectivity index (χ3n) is 2.80. The molecule has 0 saturated carbocycles. The van der Waals surface area contributed by atoms with E-state index in [0.717, 1.165) is 19.6 Å². The van der Waals surface area contributed by atoms with Crippen molar-refractivity contribution in [2.24, 2.45) is 0 Å². The number of piperazine rings is 1. The SMILES string of the molecule is CCN1CCN(S(=O)O)CC1.Pc1ccccc1.[CH3-].[W]. The Labute approximate surface area is 142 Å². The van der Waals surface area contributed by atoms with E-state index in [1.165, 1.54) is 5.30 Å². The van der Waals surface area contributed by atoms with Gasteiger partial charge >= 0.3 is 0 Å². The Morgan fingerprint density at radius 3 is 2.00 bits per heavy atom. The number of hydrogen-bond acceptors (Lipinski definition) is 2. The summed E-state index contributed by atoms with van der Waals surface area (Å²) >= 11 is -1.76. The second-order valence-corrected chi connectivity index (χ2v) is 5.65. The van der Waals surface area contributed by atoms with Crippen LogP contribution in [-0.4, -0.2) is 50.7 Å². The number of hydrogen-bond donors (Lipinski definition) is 1. The molecule has 116 valence electrons. The molecule has 2 rings (SSSR count). The number of nitrogens with zero attached hydrogens (tertiary/aromatic N) is 2. The Morgan fingerprint density at radius 1 is 1.20 bits per heavy atom. The van der Waals surface area contributed by atoms with Crippen molar-refractivity contribution in [1.82, 2.24) is 9.21 Å². The molecule has 7 heteroatoms. The van der Waals surface area contributed by atoms with Crippen LogP contribution in [0.1, 0.15) is 6.92 Å². The van der Waals surface area contributed by atoms with Crippen LogP contribution in [0.3, 0.4) is 0 Å². The maximum absolute atomic E-state index is 10.6. The zero-order chi connectivity index (χ0) is 13.4. The van der Waals surface area contributed by atoms with Crippen molar-refractivity contribution in [3.8, 4) is 0 Å². The van der Waals surface area contributed by atoms with E-state index in [1.54, 1.807) is 4.31 Å². The minimum absolute atomic E-state index is 0. The molecule has 1 aromatic carbocycles. The zero-order valence-electron chi connectivity index (χ0n) is 12.1. The van der Waals surface area contributed by atoms with Crippen LogP contribution in [0.5, 0.6) is 0 Å². The predicted molar refractivity (Wildman–Crippen MR) is 86.7 cm³/mol. The molecule has 20 heavy (non-hydrogen) atoms. The largest absolute Gasteiger partial charge is 0.358 e. The first kappa shape index (κ1) is 22.6. The van der Waals surface area contributed by atoms with Gasteiger partial charge in [0.05, 0.1) is 0 Å². The van der Waals surface area contributed by atoms with Gasteiger partial charge in [0.15, 0.2) is 0 Å². The monoisotopic (exact) mass is 487 g/mol. The Bertz CT molecular complexity index is 363. The molecule has 0 aliphatic carbocycles. The Hall–Kier alpha value is 0.368. The third-order valence-corrected chi connectivity index (χ3v) is 3.99. The molecule has 1 fully saturated rings. The molecule has 0 amide bonds. The van der Waals surface area contributed by atoms with Crippen LogP contribution in [0, 0.1) is 7.43 Å². The molecular weight excluding hydrogens is 463 g/mol. The molecule has 2 atom stereocenters. The van der Waals surface area contributed by atoms with Crippen LogP contribution >= 0.6 is 9.24 Å². The summed E-state index contributed by atoms with van der Waals surface area (Å²) in [6, 6.07) is 10.1. The minimum Gasteiger partial charge on any atom is -0.358 e. The number of benzene rings is 1. The van der Waals surface area contributed by atoms with E-state index in [-0.39, 0.29) is 28.5 Å². The van der Waals surface area contributed by atoms with Crippen molar-refractivity contribution in [2.45, 2.75) is 6.92 Å². The normalized spacial score (nSPS) is 16.9. The van der Waals surface area contributed by atoms with E-state index in [2.05, 4.69) is 21.1 Å². The van der Waals surface area contributed by atoms with E-state index in [1.807, 2.05) is 30.3 Å². The van der Waals surface area contributed by atoms with Crippen molar-refractivity contribution >= 4 is 25.8 Å². The standard InChI is InChI=1S/C6H14N2O2S.C6H7P.CH3.W/c1-2-7-3-5-8(6-4-7)11(9)10;7-6-4-2-1-3-5-6;;/h2-6H2,1H3,(H,9,10);1-5H,7H2;1H3;/q;;-1;. The van der Waals surface area contributed by atoms with Gasteiger partial charge in [-0.05, 0) is 11.8 Å². The maximum atomic E-state index is 10.6. The second-order valence-electron chi connectivity index (χ2n) is 4.00. The van der Waals surface area contributed by atoms with E-state index < -0.39 is 11.3 Å². The fourth-order valence-electron chi connectivity index (χ4n) is 1.65. The topological polar surface area (TPSA) is 43.8 Å². The average Bonchev–Trinajstić information content (AvgIpc) is 2.40. The van der Waals surface area contributed by atoms with Gasteiger partial charge in [0.25, 0.3) is 0 Å². The molecule has 2 unspecified atom stereocenters. The summed E-state index contributed by atoms with van der Waals surface area (Å²) in [7, 11) is 2.63. The third kappa shape index (κ3) is 9.33. The summed E-state index contributed by atoms with van der Waals surface area (Å²) in [6.45, 7) is 6.36. The van der Waals surface area contributed by atoms with E-state index in [0.29, 0.717) is 13.1 Å². The Kier molecular flexibility index (Phi) is 14.8. The average molecular weight is 487 g/mol. The van der Waals surface area contributed by atoms with E-state index in [9.17, 15) is 4.21 Å². The molecule has 0 aromatic heterocycles. The van der Waals surface area contributed by atoms with Gasteiger partial charge in [0.1, 0.15) is 0 Å². The first-order valence-electron chi connectivity index (χ1n) is 6.02. The Balaban J connectivity index is 0.